The maximum atomic E-state index is 6.50. The summed E-state index contributed by atoms with van der Waals surface area (Å²) >= 11 is 0. The van der Waals surface area contributed by atoms with E-state index in [1.54, 1.807) is 0 Å². The average molecular weight is 115 g/mol. The highest BCUT2D eigenvalue weighted by molar-refractivity contribution is 4.06. The monoisotopic (exact) mass is 115 g/mol. The fraction of sp³-hybridized carbons (Fsp3) is 0.833. The van der Waals surface area contributed by atoms with E-state index in [1.165, 1.54) is 6.54 Å². The van der Waals surface area contributed by atoms with Crippen LogP contribution in [0.5, 0.6) is 0 Å². The Kier molecular flexibility index (Phi) is 6.01. The summed E-state index contributed by atoms with van der Waals surface area (Å²) in [5, 5.41) is 6.50. The van der Waals surface area contributed by atoms with Crippen molar-refractivity contribution in [1.29, 1.82) is 5.26 Å². The first-order chi connectivity index (χ1) is 3.56. The number of rotatable bonds is 1. The van der Waals surface area contributed by atoms with Crippen molar-refractivity contribution in [2.75, 3.05) is 27.7 Å². The maximum absolute atomic E-state index is 6.50. The molecule has 0 aromatic carbocycles. The minimum absolute atomic E-state index is 1.07. The SMILES string of the molecule is C#N.CC[N+](C)(C)C. The number of nitrogens with zero attached hydrogens (tertiary/aromatic N) is 2. The Hall–Kier alpha value is -0.550. The van der Waals surface area contributed by atoms with Crippen LogP contribution in [0.15, 0.2) is 0 Å². The lowest BCUT2D eigenvalue weighted by Crippen LogP contribution is -2.33. The molecule has 0 aliphatic rings. The molecule has 0 unspecified atom stereocenters. The Bertz CT molecular complexity index is 58.7. The van der Waals surface area contributed by atoms with Gasteiger partial charge in [0.15, 0.2) is 0 Å². The smallest absolute Gasteiger partial charge is 0.0751 e. The second-order valence-corrected chi connectivity index (χ2v) is 2.61. The van der Waals surface area contributed by atoms with Gasteiger partial charge in [-0.3, -0.25) is 0 Å². The van der Waals surface area contributed by atoms with Crippen molar-refractivity contribution in [2.24, 2.45) is 0 Å². The van der Waals surface area contributed by atoms with Gasteiger partial charge in [0, 0.05) is 6.57 Å². The maximum Gasteiger partial charge on any atom is 0.0751 e. The molecule has 48 valence electrons. The second kappa shape index (κ2) is 4.61. The molecule has 0 atom stereocenters. The number of nitriles is 1. The van der Waals surface area contributed by atoms with Crippen molar-refractivity contribution < 1.29 is 4.48 Å². The highest BCUT2D eigenvalue weighted by atomic mass is 15.3. The normalized spacial score (nSPS) is 9.25. The molecule has 0 amide bonds. The average Bonchev–Trinajstić information content (AvgIpc) is 1.71. The summed E-state index contributed by atoms with van der Waals surface area (Å²) in [5.41, 5.74) is 0. The molecule has 0 aliphatic heterocycles. The van der Waals surface area contributed by atoms with Gasteiger partial charge in [-0.2, -0.15) is 0 Å². The molecule has 0 fully saturated rings. The highest BCUT2D eigenvalue weighted by Gasteiger charge is 1.97. The molecule has 0 N–H and O–H groups in total. The first-order valence-electron chi connectivity index (χ1n) is 2.62. The van der Waals surface area contributed by atoms with Crippen LogP contribution in [-0.2, 0) is 0 Å². The molecule has 0 heterocycles. The van der Waals surface area contributed by atoms with Gasteiger partial charge in [-0.1, -0.05) is 0 Å². The molecular weight excluding hydrogens is 100 g/mol. The Labute approximate surface area is 51.9 Å². The van der Waals surface area contributed by atoms with Crippen molar-refractivity contribution in [3.05, 3.63) is 0 Å². The lowest BCUT2D eigenvalue weighted by molar-refractivity contribution is -0.868. The van der Waals surface area contributed by atoms with Gasteiger partial charge in [0.1, 0.15) is 0 Å². The topological polar surface area (TPSA) is 23.8 Å². The van der Waals surface area contributed by atoms with E-state index in [1.807, 2.05) is 0 Å². The fourth-order valence-corrected chi connectivity index (χ4v) is 0. The first-order valence-corrected chi connectivity index (χ1v) is 2.62. The molecule has 0 aromatic heterocycles. The minimum Gasteiger partial charge on any atom is -0.331 e. The van der Waals surface area contributed by atoms with Gasteiger partial charge in [0.2, 0.25) is 0 Å². The van der Waals surface area contributed by atoms with Crippen LogP contribution in [0.2, 0.25) is 0 Å². The summed E-state index contributed by atoms with van der Waals surface area (Å²) in [6, 6.07) is 0. The zero-order chi connectivity index (χ0) is 7.21. The van der Waals surface area contributed by atoms with E-state index in [0.29, 0.717) is 0 Å². The van der Waals surface area contributed by atoms with Crippen LogP contribution in [0.3, 0.4) is 0 Å². The van der Waals surface area contributed by atoms with Gasteiger partial charge in [0.05, 0.1) is 27.7 Å². The van der Waals surface area contributed by atoms with Gasteiger partial charge in [0.25, 0.3) is 0 Å². The largest absolute Gasteiger partial charge is 0.331 e. The molecule has 0 aliphatic carbocycles. The van der Waals surface area contributed by atoms with E-state index >= 15 is 0 Å². The Morgan fingerprint density at radius 1 is 1.25 bits per heavy atom. The lowest BCUT2D eigenvalue weighted by atomic mass is 10.6. The van der Waals surface area contributed by atoms with E-state index in [4.69, 9.17) is 5.26 Å². The van der Waals surface area contributed by atoms with E-state index in [2.05, 4.69) is 34.6 Å². The van der Waals surface area contributed by atoms with Gasteiger partial charge in [-0.05, 0) is 6.92 Å². The van der Waals surface area contributed by atoms with Gasteiger partial charge in [-0.15, -0.1) is 0 Å². The molecule has 0 saturated heterocycles. The Morgan fingerprint density at radius 2 is 1.38 bits per heavy atom. The molecule has 0 spiro atoms. The van der Waals surface area contributed by atoms with Crippen LogP contribution in [0, 0.1) is 11.8 Å². The predicted molar refractivity (Wildman–Crippen MR) is 35.2 cm³/mol. The van der Waals surface area contributed by atoms with Crippen LogP contribution in [0.1, 0.15) is 6.92 Å². The summed E-state index contributed by atoms with van der Waals surface area (Å²) in [6.45, 7) is 6.89. The number of hydrogen-bond donors (Lipinski definition) is 0. The van der Waals surface area contributed by atoms with Gasteiger partial charge in [-0.25, -0.2) is 5.26 Å². The zero-order valence-electron chi connectivity index (χ0n) is 6.18. The standard InChI is InChI=1S/C5H14N.CHN/c1-5-6(2,3)4;1-2/h5H2,1-4H3;1H/q+1;. The molecule has 0 rings (SSSR count). The number of quaternary nitrogens is 1. The molecule has 0 saturated carbocycles. The zero-order valence-corrected chi connectivity index (χ0v) is 6.18. The fourth-order valence-electron chi connectivity index (χ4n) is 0. The van der Waals surface area contributed by atoms with E-state index in [9.17, 15) is 0 Å². The van der Waals surface area contributed by atoms with Crippen molar-refractivity contribution in [1.82, 2.24) is 0 Å². The summed E-state index contributed by atoms with van der Waals surface area (Å²) in [6.07, 6.45) is 0. The van der Waals surface area contributed by atoms with Crippen LogP contribution in [0.25, 0.3) is 0 Å². The predicted octanol–water partition coefficient (Wildman–Crippen LogP) is 0.852. The summed E-state index contributed by atoms with van der Waals surface area (Å²) in [7, 11) is 6.54. The van der Waals surface area contributed by atoms with E-state index in [0.717, 1.165) is 4.48 Å². The molecule has 8 heavy (non-hydrogen) atoms. The summed E-state index contributed by atoms with van der Waals surface area (Å²) in [5.74, 6) is 0. The summed E-state index contributed by atoms with van der Waals surface area (Å²) < 4.78 is 1.07. The van der Waals surface area contributed by atoms with Gasteiger partial charge >= 0.3 is 0 Å². The third kappa shape index (κ3) is 18.0. The van der Waals surface area contributed by atoms with Crippen molar-refractivity contribution in [2.45, 2.75) is 6.92 Å². The second-order valence-electron chi connectivity index (χ2n) is 2.61. The quantitative estimate of drug-likeness (QED) is 0.465. The molecule has 2 heteroatoms. The third-order valence-corrected chi connectivity index (χ3v) is 0.949. The lowest BCUT2D eigenvalue weighted by Gasteiger charge is -2.20. The van der Waals surface area contributed by atoms with Crippen molar-refractivity contribution >= 4 is 0 Å². The van der Waals surface area contributed by atoms with E-state index < -0.39 is 0 Å². The first kappa shape index (κ1) is 10.4. The van der Waals surface area contributed by atoms with Crippen LogP contribution in [0.4, 0.5) is 0 Å². The van der Waals surface area contributed by atoms with Crippen molar-refractivity contribution in [3.63, 3.8) is 0 Å². The van der Waals surface area contributed by atoms with E-state index in [-0.39, 0.29) is 0 Å². The summed E-state index contributed by atoms with van der Waals surface area (Å²) in [4.78, 5) is 0. The van der Waals surface area contributed by atoms with Crippen LogP contribution < -0.4 is 0 Å². The highest BCUT2D eigenvalue weighted by Crippen LogP contribution is 1.83. The third-order valence-electron chi connectivity index (χ3n) is 0.949. The van der Waals surface area contributed by atoms with Crippen LogP contribution >= 0.6 is 0 Å². The Morgan fingerprint density at radius 3 is 1.38 bits per heavy atom. The van der Waals surface area contributed by atoms with Crippen molar-refractivity contribution in [3.8, 4) is 6.57 Å². The molecular formula is C6H15N2+. The molecule has 0 aromatic rings. The molecule has 0 radical (unpaired) electrons. The van der Waals surface area contributed by atoms with Crippen LogP contribution in [-0.4, -0.2) is 32.2 Å². The number of hydrogen-bond acceptors (Lipinski definition) is 1. The molecule has 2 nitrogen and oxygen atoms in total. The Balaban J connectivity index is 0. The molecule has 0 bridgehead atoms. The van der Waals surface area contributed by atoms with Gasteiger partial charge < -0.3 is 4.48 Å². The minimum atomic E-state index is 1.07.